The van der Waals surface area contributed by atoms with Gasteiger partial charge in [-0.15, -0.1) is 0 Å². The highest BCUT2D eigenvalue weighted by Crippen LogP contribution is 2.33. The molecule has 0 saturated heterocycles. The monoisotopic (exact) mass is 323 g/mol. The molecule has 0 amide bonds. The zero-order valence-corrected chi connectivity index (χ0v) is 10.8. The molecule has 3 nitrogen and oxygen atoms in total. The van der Waals surface area contributed by atoms with Crippen molar-refractivity contribution in [1.82, 2.24) is 5.32 Å². The van der Waals surface area contributed by atoms with E-state index in [2.05, 4.69) is 26.2 Å². The van der Waals surface area contributed by atoms with E-state index in [1.165, 1.54) is 0 Å². The Morgan fingerprint density at radius 3 is 2.65 bits per heavy atom. The van der Waals surface area contributed by atoms with Crippen LogP contribution in [0.2, 0.25) is 0 Å². The molecule has 0 heterocycles. The molecule has 17 heavy (non-hydrogen) atoms. The average molecular weight is 324 g/mol. The second kappa shape index (κ2) is 5.93. The zero-order chi connectivity index (χ0) is 13.0. The van der Waals surface area contributed by atoms with Gasteiger partial charge in [0.2, 0.25) is 0 Å². The Kier molecular flexibility index (Phi) is 4.84. The number of rotatable bonds is 1. The normalized spacial score (nSPS) is 11.2. The predicted octanol–water partition coefficient (Wildman–Crippen LogP) is 3.29. The second-order valence-electron chi connectivity index (χ2n) is 2.67. The summed E-state index contributed by atoms with van der Waals surface area (Å²) in [5, 5.41) is 10.6. The maximum atomic E-state index is 13.4. The van der Waals surface area contributed by atoms with Gasteiger partial charge in [0.1, 0.15) is 5.69 Å². The second-order valence-corrected chi connectivity index (χ2v) is 4.26. The van der Waals surface area contributed by atoms with Crippen molar-refractivity contribution in [1.29, 1.82) is 5.26 Å². The highest BCUT2D eigenvalue weighted by atomic mass is 79.9. The fraction of sp³-hybridized carbons (Fsp3) is 0.111. The summed E-state index contributed by atoms with van der Waals surface area (Å²) >= 11 is 3.74. The third-order valence-corrected chi connectivity index (χ3v) is 2.96. The summed E-state index contributed by atoms with van der Waals surface area (Å²) in [4.78, 5) is 3.69. The molecule has 90 valence electrons. The molecular weight excluding hydrogens is 319 g/mol. The molecule has 0 aliphatic rings. The van der Waals surface area contributed by atoms with Crippen LogP contribution in [0.1, 0.15) is 0 Å². The summed E-state index contributed by atoms with van der Waals surface area (Å²) in [6.45, 7) is 0. The van der Waals surface area contributed by atoms with E-state index >= 15 is 0 Å². The van der Waals surface area contributed by atoms with Crippen LogP contribution in [0.4, 0.5) is 18.9 Å². The number of halogens is 4. The highest BCUT2D eigenvalue weighted by Gasteiger charge is 2.17. The first-order chi connectivity index (χ1) is 8.01. The first-order valence-electron chi connectivity index (χ1n) is 4.12. The molecule has 0 radical (unpaired) electrons. The van der Waals surface area contributed by atoms with Crippen LogP contribution in [-0.4, -0.2) is 11.4 Å². The lowest BCUT2D eigenvalue weighted by atomic mass is 10.3. The SMILES string of the molecule is CSC(=Nc1c(F)cc(F)c(F)c1Br)NC#N. The Bertz CT molecular complexity index is 513. The third-order valence-electron chi connectivity index (χ3n) is 1.66. The minimum Gasteiger partial charge on any atom is -0.271 e. The lowest BCUT2D eigenvalue weighted by molar-refractivity contribution is 0.491. The smallest absolute Gasteiger partial charge is 0.183 e. The van der Waals surface area contributed by atoms with Gasteiger partial charge in [0.25, 0.3) is 0 Å². The summed E-state index contributed by atoms with van der Waals surface area (Å²) in [5.74, 6) is -3.57. The molecule has 0 atom stereocenters. The molecule has 0 bridgehead atoms. The van der Waals surface area contributed by atoms with Crippen molar-refractivity contribution in [2.45, 2.75) is 0 Å². The summed E-state index contributed by atoms with van der Waals surface area (Å²) in [6.07, 6.45) is 3.19. The third kappa shape index (κ3) is 3.14. The molecule has 0 fully saturated rings. The van der Waals surface area contributed by atoms with Gasteiger partial charge in [-0.1, -0.05) is 11.8 Å². The van der Waals surface area contributed by atoms with E-state index in [-0.39, 0.29) is 5.17 Å². The van der Waals surface area contributed by atoms with Crippen molar-refractivity contribution >= 4 is 38.5 Å². The topological polar surface area (TPSA) is 48.2 Å². The predicted molar refractivity (Wildman–Crippen MR) is 63.4 cm³/mol. The first kappa shape index (κ1) is 13.9. The van der Waals surface area contributed by atoms with E-state index in [1.54, 1.807) is 12.4 Å². The summed E-state index contributed by atoms with van der Waals surface area (Å²) < 4.78 is 38.9. The van der Waals surface area contributed by atoms with Crippen LogP contribution < -0.4 is 5.32 Å². The van der Waals surface area contributed by atoms with Crippen molar-refractivity contribution in [2.75, 3.05) is 6.26 Å². The molecule has 8 heteroatoms. The highest BCUT2D eigenvalue weighted by molar-refractivity contribution is 9.10. The van der Waals surface area contributed by atoms with Crippen molar-refractivity contribution in [2.24, 2.45) is 4.99 Å². The van der Waals surface area contributed by atoms with E-state index in [0.29, 0.717) is 6.07 Å². The summed E-state index contributed by atoms with van der Waals surface area (Å²) in [7, 11) is 0. The molecule has 1 aromatic rings. The Balaban J connectivity index is 3.33. The Morgan fingerprint density at radius 2 is 2.12 bits per heavy atom. The van der Waals surface area contributed by atoms with E-state index in [1.807, 2.05) is 0 Å². The number of amidine groups is 1. The van der Waals surface area contributed by atoms with Crippen molar-refractivity contribution in [3.8, 4) is 6.19 Å². The molecule has 1 rings (SSSR count). The molecule has 0 aromatic heterocycles. The van der Waals surface area contributed by atoms with Gasteiger partial charge in [-0.25, -0.2) is 18.2 Å². The number of thioether (sulfide) groups is 1. The maximum Gasteiger partial charge on any atom is 0.183 e. The van der Waals surface area contributed by atoms with E-state index < -0.39 is 27.6 Å². The molecule has 0 unspecified atom stereocenters. The molecule has 0 aliphatic carbocycles. The fourth-order valence-corrected chi connectivity index (χ4v) is 1.73. The minimum absolute atomic E-state index is 0.0677. The largest absolute Gasteiger partial charge is 0.271 e. The van der Waals surface area contributed by atoms with E-state index in [9.17, 15) is 13.2 Å². The molecule has 0 spiro atoms. The minimum atomic E-state index is -1.31. The van der Waals surface area contributed by atoms with Crippen LogP contribution in [0.5, 0.6) is 0 Å². The quantitative estimate of drug-likeness (QED) is 0.215. The number of nitrogens with zero attached hydrogens (tertiary/aromatic N) is 2. The van der Waals surface area contributed by atoms with Crippen molar-refractivity contribution in [3.05, 3.63) is 28.0 Å². The van der Waals surface area contributed by atoms with Gasteiger partial charge in [0, 0.05) is 6.07 Å². The van der Waals surface area contributed by atoms with Crippen molar-refractivity contribution < 1.29 is 13.2 Å². The summed E-state index contributed by atoms with van der Waals surface area (Å²) in [5.41, 5.74) is -0.406. The van der Waals surface area contributed by atoms with E-state index in [0.717, 1.165) is 11.8 Å². The van der Waals surface area contributed by atoms with Gasteiger partial charge in [0.15, 0.2) is 28.8 Å². The molecular formula is C9H5BrF3N3S. The van der Waals surface area contributed by atoms with Gasteiger partial charge in [-0.05, 0) is 22.2 Å². The van der Waals surface area contributed by atoms with Gasteiger partial charge in [-0.2, -0.15) is 5.26 Å². The van der Waals surface area contributed by atoms with E-state index in [4.69, 9.17) is 5.26 Å². The molecule has 1 N–H and O–H groups in total. The van der Waals surface area contributed by atoms with Crippen LogP contribution >= 0.6 is 27.7 Å². The number of benzene rings is 1. The van der Waals surface area contributed by atoms with Gasteiger partial charge < -0.3 is 0 Å². The van der Waals surface area contributed by atoms with Crippen molar-refractivity contribution in [3.63, 3.8) is 0 Å². The first-order valence-corrected chi connectivity index (χ1v) is 6.13. The van der Waals surface area contributed by atoms with Gasteiger partial charge in [0.05, 0.1) is 4.47 Å². The number of nitrogens with one attached hydrogen (secondary N) is 1. The zero-order valence-electron chi connectivity index (χ0n) is 8.39. The molecule has 0 saturated carbocycles. The summed E-state index contributed by atoms with van der Waals surface area (Å²) in [6, 6.07) is 0.392. The average Bonchev–Trinajstić information content (AvgIpc) is 2.30. The van der Waals surface area contributed by atoms with Crippen LogP contribution in [0.3, 0.4) is 0 Å². The van der Waals surface area contributed by atoms with Crippen LogP contribution in [-0.2, 0) is 0 Å². The maximum absolute atomic E-state index is 13.4. The van der Waals surface area contributed by atoms with Crippen LogP contribution in [0, 0.1) is 28.9 Å². The molecule has 1 aromatic carbocycles. The van der Waals surface area contributed by atoms with Crippen LogP contribution in [0.25, 0.3) is 0 Å². The van der Waals surface area contributed by atoms with Gasteiger partial charge in [-0.3, -0.25) is 5.32 Å². The Hall–Kier alpha value is -1.20. The number of aliphatic imine (C=N–C) groups is 1. The van der Waals surface area contributed by atoms with Crippen LogP contribution in [0.15, 0.2) is 15.5 Å². The Morgan fingerprint density at radius 1 is 1.47 bits per heavy atom. The standard InChI is InChI=1S/C9H5BrF3N3S/c1-17-9(15-3-14)16-8-5(12)2-4(11)7(13)6(8)10/h2H,1H3,(H,15,16). The number of nitriles is 1. The number of hydrogen-bond donors (Lipinski definition) is 1. The molecule has 0 aliphatic heterocycles. The fourth-order valence-electron chi connectivity index (χ4n) is 0.933. The van der Waals surface area contributed by atoms with Gasteiger partial charge >= 0.3 is 0 Å². The lowest BCUT2D eigenvalue weighted by Crippen LogP contribution is -2.12. The Labute approximate surface area is 108 Å². The number of hydrogen-bond acceptors (Lipinski definition) is 3. The lowest BCUT2D eigenvalue weighted by Gasteiger charge is -2.05.